The Hall–Kier alpha value is 0.0800. The molecule has 0 aliphatic rings. The molecular formula is C3F5NaO3. The summed E-state index contributed by atoms with van der Waals surface area (Å²) >= 11 is 0. The SMILES string of the molecule is O=C([O-])C(F)(F)OC(F)(F)F.[Na+]. The molecule has 0 amide bonds. The molecule has 0 rings (SSSR count). The third-order valence-corrected chi connectivity index (χ3v) is 0.482. The van der Waals surface area contributed by atoms with Crippen LogP contribution in [0.5, 0.6) is 0 Å². The Bertz CT molecular complexity index is 166. The van der Waals surface area contributed by atoms with Crippen LogP contribution in [0.3, 0.4) is 0 Å². The van der Waals surface area contributed by atoms with Gasteiger partial charge in [-0.1, -0.05) is 0 Å². The topological polar surface area (TPSA) is 49.4 Å². The molecule has 66 valence electrons. The van der Waals surface area contributed by atoms with Gasteiger partial charge in [0.05, 0.1) is 0 Å². The maximum Gasteiger partial charge on any atom is 1.00 e. The fourth-order valence-electron chi connectivity index (χ4n) is 0.187. The second-order valence-corrected chi connectivity index (χ2v) is 1.35. The summed E-state index contributed by atoms with van der Waals surface area (Å²) in [5, 5.41) is 9.21. The van der Waals surface area contributed by atoms with Gasteiger partial charge >= 0.3 is 42.0 Å². The van der Waals surface area contributed by atoms with Crippen molar-refractivity contribution in [2.75, 3.05) is 0 Å². The first-order chi connectivity index (χ1) is 4.65. The van der Waals surface area contributed by atoms with E-state index in [0.717, 1.165) is 0 Å². The fourth-order valence-corrected chi connectivity index (χ4v) is 0.187. The Morgan fingerprint density at radius 2 is 1.50 bits per heavy atom. The Morgan fingerprint density at radius 3 is 1.58 bits per heavy atom. The smallest absolute Gasteiger partial charge is 0.542 e. The molecule has 9 heteroatoms. The van der Waals surface area contributed by atoms with Crippen LogP contribution in [-0.4, -0.2) is 18.4 Å². The number of hydrogen-bond donors (Lipinski definition) is 0. The van der Waals surface area contributed by atoms with Gasteiger partial charge in [0.2, 0.25) is 0 Å². The Kier molecular flexibility index (Phi) is 5.30. The molecule has 0 saturated heterocycles. The predicted molar refractivity (Wildman–Crippen MR) is 17.1 cm³/mol. The molecule has 3 nitrogen and oxygen atoms in total. The van der Waals surface area contributed by atoms with Crippen LogP contribution in [-0.2, 0) is 9.53 Å². The first-order valence-corrected chi connectivity index (χ1v) is 2.01. The number of carboxylic acids is 1. The molecule has 0 aliphatic heterocycles. The number of alkyl halides is 5. The summed E-state index contributed by atoms with van der Waals surface area (Å²) in [5.74, 6) is -3.24. The molecule has 0 fully saturated rings. The van der Waals surface area contributed by atoms with Crippen LogP contribution in [0.4, 0.5) is 22.0 Å². The summed E-state index contributed by atoms with van der Waals surface area (Å²) in [6.07, 6.45) is -11.0. The Morgan fingerprint density at radius 1 is 1.17 bits per heavy atom. The van der Waals surface area contributed by atoms with Crippen molar-refractivity contribution in [2.45, 2.75) is 12.5 Å². The zero-order valence-electron chi connectivity index (χ0n) is 5.61. The third-order valence-electron chi connectivity index (χ3n) is 0.482. The summed E-state index contributed by atoms with van der Waals surface area (Å²) in [5.41, 5.74) is 0. The summed E-state index contributed by atoms with van der Waals surface area (Å²) < 4.78 is 57.5. The van der Waals surface area contributed by atoms with Crippen LogP contribution in [0.25, 0.3) is 0 Å². The minimum Gasteiger partial charge on any atom is -0.542 e. The van der Waals surface area contributed by atoms with Crippen LogP contribution in [0, 0.1) is 0 Å². The molecule has 0 aromatic rings. The van der Waals surface area contributed by atoms with E-state index in [-0.39, 0.29) is 29.6 Å². The molecule has 12 heavy (non-hydrogen) atoms. The molecule has 0 N–H and O–H groups in total. The number of carboxylic acid groups (broad SMARTS) is 1. The second-order valence-electron chi connectivity index (χ2n) is 1.35. The van der Waals surface area contributed by atoms with E-state index >= 15 is 0 Å². The fraction of sp³-hybridized carbons (Fsp3) is 0.667. The van der Waals surface area contributed by atoms with E-state index in [1.54, 1.807) is 0 Å². The van der Waals surface area contributed by atoms with Crippen LogP contribution < -0.4 is 34.7 Å². The maximum absolute atomic E-state index is 11.4. The molecule has 0 aromatic carbocycles. The molecule has 0 atom stereocenters. The predicted octanol–water partition coefficient (Wildman–Crippen LogP) is -3.13. The average Bonchev–Trinajstić information content (AvgIpc) is 1.56. The number of hydrogen-bond acceptors (Lipinski definition) is 3. The van der Waals surface area contributed by atoms with Crippen molar-refractivity contribution in [2.24, 2.45) is 0 Å². The first kappa shape index (κ1) is 14.6. The van der Waals surface area contributed by atoms with E-state index in [9.17, 15) is 31.9 Å². The number of carbonyl (C=O) groups excluding carboxylic acids is 1. The van der Waals surface area contributed by atoms with E-state index in [4.69, 9.17) is 0 Å². The molecule has 0 aliphatic carbocycles. The van der Waals surface area contributed by atoms with Crippen molar-refractivity contribution in [3.8, 4) is 0 Å². The van der Waals surface area contributed by atoms with Gasteiger partial charge in [0, 0.05) is 0 Å². The average molecular weight is 202 g/mol. The number of aliphatic carboxylic acids is 1. The number of carbonyl (C=O) groups is 1. The normalized spacial score (nSPS) is 12.1. The quantitative estimate of drug-likeness (QED) is 0.351. The number of rotatable bonds is 2. The zero-order valence-corrected chi connectivity index (χ0v) is 7.61. The zero-order chi connectivity index (χ0) is 9.28. The van der Waals surface area contributed by atoms with Crippen LogP contribution in [0.15, 0.2) is 0 Å². The molecule has 0 heterocycles. The standard InChI is InChI=1S/C3HF5O3.Na/c4-2(5,1(9)10)11-3(6,7)8;/h(H,9,10);/q;+1/p-1. The van der Waals surface area contributed by atoms with E-state index in [1.165, 1.54) is 0 Å². The summed E-state index contributed by atoms with van der Waals surface area (Å²) in [4.78, 5) is 9.21. The summed E-state index contributed by atoms with van der Waals surface area (Å²) in [7, 11) is 0. The van der Waals surface area contributed by atoms with Gasteiger partial charge in [-0.05, 0) is 0 Å². The third kappa shape index (κ3) is 5.70. The summed E-state index contributed by atoms with van der Waals surface area (Å²) in [6, 6.07) is 0. The van der Waals surface area contributed by atoms with Gasteiger partial charge in [-0.2, -0.15) is 8.78 Å². The van der Waals surface area contributed by atoms with Gasteiger partial charge in [-0.3, -0.25) is 0 Å². The maximum atomic E-state index is 11.4. The monoisotopic (exact) mass is 202 g/mol. The molecule has 0 bridgehead atoms. The van der Waals surface area contributed by atoms with Gasteiger partial charge in [-0.25, -0.2) is 4.74 Å². The van der Waals surface area contributed by atoms with Crippen LogP contribution in [0.1, 0.15) is 0 Å². The van der Waals surface area contributed by atoms with E-state index in [1.807, 2.05) is 4.74 Å². The van der Waals surface area contributed by atoms with Gasteiger partial charge in [0.25, 0.3) is 0 Å². The van der Waals surface area contributed by atoms with Crippen LogP contribution in [0.2, 0.25) is 0 Å². The molecule has 0 aromatic heterocycles. The first-order valence-electron chi connectivity index (χ1n) is 2.01. The van der Waals surface area contributed by atoms with Gasteiger partial charge in [0.1, 0.15) is 5.97 Å². The molecule has 0 radical (unpaired) electrons. The molecule has 0 saturated carbocycles. The Labute approximate surface area is 84.8 Å². The van der Waals surface area contributed by atoms with Gasteiger partial charge < -0.3 is 9.90 Å². The van der Waals surface area contributed by atoms with Crippen molar-refractivity contribution in [1.29, 1.82) is 0 Å². The summed E-state index contributed by atoms with van der Waals surface area (Å²) in [6.45, 7) is 0. The largest absolute Gasteiger partial charge is 1.00 e. The van der Waals surface area contributed by atoms with E-state index in [2.05, 4.69) is 0 Å². The van der Waals surface area contributed by atoms with Crippen molar-refractivity contribution < 1.29 is 66.1 Å². The van der Waals surface area contributed by atoms with Gasteiger partial charge in [0.15, 0.2) is 0 Å². The van der Waals surface area contributed by atoms with Crippen LogP contribution >= 0.6 is 0 Å². The molecule has 0 unspecified atom stereocenters. The number of halogens is 5. The van der Waals surface area contributed by atoms with Crippen molar-refractivity contribution in [1.82, 2.24) is 0 Å². The minimum atomic E-state index is -5.70. The van der Waals surface area contributed by atoms with Crippen molar-refractivity contribution in [3.63, 3.8) is 0 Å². The van der Waals surface area contributed by atoms with Crippen molar-refractivity contribution >= 4 is 5.97 Å². The minimum absolute atomic E-state index is 0. The Balaban J connectivity index is 0. The van der Waals surface area contributed by atoms with Crippen molar-refractivity contribution in [3.05, 3.63) is 0 Å². The van der Waals surface area contributed by atoms with Gasteiger partial charge in [-0.15, -0.1) is 13.2 Å². The van der Waals surface area contributed by atoms with E-state index < -0.39 is 18.4 Å². The second kappa shape index (κ2) is 4.35. The number of ether oxygens (including phenoxy) is 1. The molecule has 0 spiro atoms. The van der Waals surface area contributed by atoms with E-state index in [0.29, 0.717) is 0 Å². The molecular weight excluding hydrogens is 202 g/mol.